The average molecular weight is 187 g/mol. The first-order valence-electron chi connectivity index (χ1n) is 3.78. The van der Waals surface area contributed by atoms with Gasteiger partial charge in [-0.25, -0.2) is 0 Å². The van der Waals surface area contributed by atoms with E-state index >= 15 is 0 Å². The maximum absolute atomic E-state index is 10.7. The number of rotatable bonds is 4. The van der Waals surface area contributed by atoms with E-state index in [1.807, 2.05) is 18.3 Å². The second kappa shape index (κ2) is 4.83. The minimum Gasteiger partial charge on any atom is -0.365 e. The Morgan fingerprint density at radius 1 is 1.67 bits per heavy atom. The van der Waals surface area contributed by atoms with Crippen molar-refractivity contribution in [3.63, 3.8) is 0 Å². The van der Waals surface area contributed by atoms with Gasteiger partial charge in [-0.05, 0) is 12.1 Å². The Bertz CT molecular complexity index is 233. The van der Waals surface area contributed by atoms with Crippen molar-refractivity contribution in [2.75, 3.05) is 12.4 Å². The topological polar surface area (TPSA) is 44.9 Å². The quantitative estimate of drug-likeness (QED) is 0.675. The summed E-state index contributed by atoms with van der Waals surface area (Å²) in [6.45, 7) is 0.631. The average Bonchev–Trinajstić information content (AvgIpc) is 2.57. The van der Waals surface area contributed by atoms with E-state index in [4.69, 9.17) is 11.6 Å². The van der Waals surface area contributed by atoms with E-state index in [-0.39, 0.29) is 11.8 Å². The van der Waals surface area contributed by atoms with Gasteiger partial charge in [-0.1, -0.05) is 0 Å². The molecule has 1 amide bonds. The lowest BCUT2D eigenvalue weighted by atomic mass is 10.3. The standard InChI is InChI=1S/C8H11ClN2O/c9-6-8(12)11-5-3-7-2-1-4-10-7/h1-2,4,10H,3,5-6H2,(H,11,12). The molecule has 0 saturated carbocycles. The van der Waals surface area contributed by atoms with Crippen molar-refractivity contribution in [2.45, 2.75) is 6.42 Å². The van der Waals surface area contributed by atoms with Crippen LogP contribution in [0.3, 0.4) is 0 Å². The molecule has 0 atom stereocenters. The molecule has 0 radical (unpaired) electrons. The Kier molecular flexibility index (Phi) is 3.67. The number of aromatic amines is 1. The molecule has 0 aliphatic carbocycles. The monoisotopic (exact) mass is 186 g/mol. The summed E-state index contributed by atoms with van der Waals surface area (Å²) in [5, 5.41) is 2.68. The van der Waals surface area contributed by atoms with Crippen molar-refractivity contribution in [3.8, 4) is 0 Å². The zero-order valence-electron chi connectivity index (χ0n) is 6.64. The summed E-state index contributed by atoms with van der Waals surface area (Å²) in [6.07, 6.45) is 2.67. The molecule has 0 aliphatic rings. The van der Waals surface area contributed by atoms with Gasteiger partial charge in [0, 0.05) is 24.9 Å². The highest BCUT2D eigenvalue weighted by atomic mass is 35.5. The van der Waals surface area contributed by atoms with Gasteiger partial charge in [0.1, 0.15) is 5.88 Å². The van der Waals surface area contributed by atoms with Crippen molar-refractivity contribution < 1.29 is 4.79 Å². The number of nitrogens with one attached hydrogen (secondary N) is 2. The first-order chi connectivity index (χ1) is 5.83. The second-order valence-corrected chi connectivity index (χ2v) is 2.70. The lowest BCUT2D eigenvalue weighted by Gasteiger charge is -2.00. The molecule has 12 heavy (non-hydrogen) atoms. The number of hydrogen-bond donors (Lipinski definition) is 2. The molecular weight excluding hydrogens is 176 g/mol. The van der Waals surface area contributed by atoms with Crippen molar-refractivity contribution >= 4 is 17.5 Å². The summed E-state index contributed by atoms with van der Waals surface area (Å²) >= 11 is 5.29. The number of alkyl halides is 1. The van der Waals surface area contributed by atoms with Gasteiger partial charge < -0.3 is 10.3 Å². The van der Waals surface area contributed by atoms with E-state index in [1.54, 1.807) is 0 Å². The van der Waals surface area contributed by atoms with Gasteiger partial charge in [0.25, 0.3) is 0 Å². The lowest BCUT2D eigenvalue weighted by Crippen LogP contribution is -2.26. The zero-order chi connectivity index (χ0) is 8.81. The molecule has 0 fully saturated rings. The maximum atomic E-state index is 10.7. The third-order valence-corrected chi connectivity index (χ3v) is 1.74. The molecular formula is C8H11ClN2O. The van der Waals surface area contributed by atoms with Crippen LogP contribution in [-0.2, 0) is 11.2 Å². The summed E-state index contributed by atoms with van der Waals surface area (Å²) < 4.78 is 0. The van der Waals surface area contributed by atoms with Crippen molar-refractivity contribution in [2.24, 2.45) is 0 Å². The lowest BCUT2D eigenvalue weighted by molar-refractivity contribution is -0.118. The van der Waals surface area contributed by atoms with Crippen LogP contribution in [0.15, 0.2) is 18.3 Å². The summed E-state index contributed by atoms with van der Waals surface area (Å²) in [5.74, 6) is -0.0895. The first-order valence-corrected chi connectivity index (χ1v) is 4.31. The number of amides is 1. The summed E-state index contributed by atoms with van der Waals surface area (Å²) in [5.41, 5.74) is 1.12. The van der Waals surface area contributed by atoms with Crippen LogP contribution in [0, 0.1) is 0 Å². The van der Waals surface area contributed by atoms with Crippen molar-refractivity contribution in [1.82, 2.24) is 10.3 Å². The first kappa shape index (κ1) is 9.13. The second-order valence-electron chi connectivity index (χ2n) is 2.43. The number of aromatic nitrogens is 1. The van der Waals surface area contributed by atoms with Gasteiger partial charge in [0.2, 0.25) is 5.91 Å². The summed E-state index contributed by atoms with van der Waals surface area (Å²) in [7, 11) is 0. The van der Waals surface area contributed by atoms with E-state index in [0.717, 1.165) is 12.1 Å². The Morgan fingerprint density at radius 3 is 3.08 bits per heavy atom. The van der Waals surface area contributed by atoms with Crippen LogP contribution in [0.25, 0.3) is 0 Å². The van der Waals surface area contributed by atoms with Crippen LogP contribution in [0.4, 0.5) is 0 Å². The molecule has 0 aliphatic heterocycles. The predicted molar refractivity (Wildman–Crippen MR) is 48.2 cm³/mol. The highest BCUT2D eigenvalue weighted by Crippen LogP contribution is 1.93. The molecule has 1 aromatic heterocycles. The van der Waals surface area contributed by atoms with Gasteiger partial charge in [0.15, 0.2) is 0 Å². The largest absolute Gasteiger partial charge is 0.365 e. The molecule has 1 rings (SSSR count). The minimum absolute atomic E-state index is 0.0325. The van der Waals surface area contributed by atoms with Crippen LogP contribution in [-0.4, -0.2) is 23.3 Å². The van der Waals surface area contributed by atoms with Crippen molar-refractivity contribution in [1.29, 1.82) is 0 Å². The van der Waals surface area contributed by atoms with Gasteiger partial charge in [-0.15, -0.1) is 11.6 Å². The molecule has 2 N–H and O–H groups in total. The van der Waals surface area contributed by atoms with Crippen LogP contribution >= 0.6 is 11.6 Å². The third kappa shape index (κ3) is 2.96. The Morgan fingerprint density at radius 2 is 2.50 bits per heavy atom. The summed E-state index contributed by atoms with van der Waals surface area (Å²) in [4.78, 5) is 13.7. The van der Waals surface area contributed by atoms with Gasteiger partial charge >= 0.3 is 0 Å². The molecule has 0 saturated heterocycles. The van der Waals surface area contributed by atoms with E-state index in [2.05, 4.69) is 10.3 Å². The molecule has 0 spiro atoms. The molecule has 4 heteroatoms. The van der Waals surface area contributed by atoms with Crippen LogP contribution in [0.5, 0.6) is 0 Å². The predicted octanol–water partition coefficient (Wildman–Crippen LogP) is 0.912. The Hall–Kier alpha value is -0.960. The smallest absolute Gasteiger partial charge is 0.234 e. The van der Waals surface area contributed by atoms with E-state index < -0.39 is 0 Å². The number of hydrogen-bond acceptors (Lipinski definition) is 1. The molecule has 1 heterocycles. The van der Waals surface area contributed by atoms with E-state index in [0.29, 0.717) is 6.54 Å². The van der Waals surface area contributed by atoms with Crippen LogP contribution < -0.4 is 5.32 Å². The number of carbonyl (C=O) groups excluding carboxylic acids is 1. The summed E-state index contributed by atoms with van der Waals surface area (Å²) in [6, 6.07) is 3.91. The highest BCUT2D eigenvalue weighted by Gasteiger charge is 1.97. The highest BCUT2D eigenvalue weighted by molar-refractivity contribution is 6.27. The molecule has 1 aromatic rings. The van der Waals surface area contributed by atoms with E-state index in [9.17, 15) is 4.79 Å². The van der Waals surface area contributed by atoms with Gasteiger partial charge in [-0.3, -0.25) is 4.79 Å². The maximum Gasteiger partial charge on any atom is 0.234 e. The van der Waals surface area contributed by atoms with Gasteiger partial charge in [0.05, 0.1) is 0 Å². The fourth-order valence-electron chi connectivity index (χ4n) is 0.907. The molecule has 0 aromatic carbocycles. The van der Waals surface area contributed by atoms with Gasteiger partial charge in [-0.2, -0.15) is 0 Å². The Labute approximate surface area is 76.1 Å². The normalized spacial score (nSPS) is 9.75. The Balaban J connectivity index is 2.15. The number of halogens is 1. The SMILES string of the molecule is O=C(CCl)NCCc1ccc[nH]1. The van der Waals surface area contributed by atoms with Crippen LogP contribution in [0.2, 0.25) is 0 Å². The molecule has 3 nitrogen and oxygen atoms in total. The van der Waals surface area contributed by atoms with E-state index in [1.165, 1.54) is 0 Å². The zero-order valence-corrected chi connectivity index (χ0v) is 7.40. The fraction of sp³-hybridized carbons (Fsp3) is 0.375. The molecule has 0 bridgehead atoms. The fourth-order valence-corrected chi connectivity index (χ4v) is 1.00. The minimum atomic E-state index is -0.122. The van der Waals surface area contributed by atoms with Crippen LogP contribution in [0.1, 0.15) is 5.69 Å². The molecule has 66 valence electrons. The number of H-pyrrole nitrogens is 1. The third-order valence-electron chi connectivity index (χ3n) is 1.50. The number of carbonyl (C=O) groups is 1. The molecule has 0 unspecified atom stereocenters. The van der Waals surface area contributed by atoms with Crippen molar-refractivity contribution in [3.05, 3.63) is 24.0 Å².